The van der Waals surface area contributed by atoms with E-state index in [9.17, 15) is 4.79 Å². The van der Waals surface area contributed by atoms with Gasteiger partial charge in [0.1, 0.15) is 0 Å². The molecular formula is C10H19NO3. The number of ether oxygens (including phenoxy) is 1. The Kier molecular flexibility index (Phi) is 4.73. The van der Waals surface area contributed by atoms with E-state index in [1.54, 1.807) is 4.90 Å². The SMILES string of the molecule is CCOC(=O)N1CCCC(CCO)C1. The minimum absolute atomic E-state index is 0.210. The normalized spacial score (nSPS) is 22.1. The summed E-state index contributed by atoms with van der Waals surface area (Å²) in [5.74, 6) is 0.443. The van der Waals surface area contributed by atoms with Gasteiger partial charge in [0.2, 0.25) is 0 Å². The zero-order valence-electron chi connectivity index (χ0n) is 8.74. The summed E-state index contributed by atoms with van der Waals surface area (Å²) in [6.45, 7) is 3.98. The third kappa shape index (κ3) is 3.18. The second-order valence-electron chi connectivity index (χ2n) is 3.67. The van der Waals surface area contributed by atoms with Crippen molar-refractivity contribution < 1.29 is 14.6 Å². The summed E-state index contributed by atoms with van der Waals surface area (Å²) in [4.78, 5) is 13.1. The van der Waals surface area contributed by atoms with Crippen LogP contribution in [0.3, 0.4) is 0 Å². The van der Waals surface area contributed by atoms with Gasteiger partial charge in [-0.3, -0.25) is 0 Å². The number of nitrogens with zero attached hydrogens (tertiary/aromatic N) is 1. The lowest BCUT2D eigenvalue weighted by Crippen LogP contribution is -2.40. The standard InChI is InChI=1S/C10H19NO3/c1-2-14-10(13)11-6-3-4-9(8-11)5-7-12/h9,12H,2-8H2,1H3. The number of aliphatic hydroxyl groups excluding tert-OH is 1. The summed E-state index contributed by atoms with van der Waals surface area (Å²) in [5.41, 5.74) is 0. The van der Waals surface area contributed by atoms with Crippen LogP contribution in [0.15, 0.2) is 0 Å². The van der Waals surface area contributed by atoms with Gasteiger partial charge in [-0.1, -0.05) is 0 Å². The van der Waals surface area contributed by atoms with E-state index in [-0.39, 0.29) is 12.7 Å². The third-order valence-electron chi connectivity index (χ3n) is 2.58. The quantitative estimate of drug-likeness (QED) is 0.747. The maximum absolute atomic E-state index is 11.4. The van der Waals surface area contributed by atoms with Crippen LogP contribution in [0.25, 0.3) is 0 Å². The first-order chi connectivity index (χ1) is 6.77. The number of carbonyl (C=O) groups excluding carboxylic acids is 1. The highest BCUT2D eigenvalue weighted by Crippen LogP contribution is 2.19. The number of hydrogen-bond acceptors (Lipinski definition) is 3. The molecule has 0 aliphatic carbocycles. The number of rotatable bonds is 3. The average Bonchev–Trinajstić information content (AvgIpc) is 2.19. The first-order valence-corrected chi connectivity index (χ1v) is 5.30. The van der Waals surface area contributed by atoms with Gasteiger partial charge < -0.3 is 14.7 Å². The molecule has 82 valence electrons. The van der Waals surface area contributed by atoms with Gasteiger partial charge in [-0.25, -0.2) is 4.79 Å². The number of carbonyl (C=O) groups is 1. The number of hydrogen-bond donors (Lipinski definition) is 1. The van der Waals surface area contributed by atoms with Crippen molar-refractivity contribution in [3.8, 4) is 0 Å². The maximum atomic E-state index is 11.4. The highest BCUT2D eigenvalue weighted by Gasteiger charge is 2.23. The van der Waals surface area contributed by atoms with Crippen LogP contribution in [0.5, 0.6) is 0 Å². The van der Waals surface area contributed by atoms with E-state index in [1.807, 2.05) is 6.92 Å². The zero-order valence-corrected chi connectivity index (χ0v) is 8.74. The second kappa shape index (κ2) is 5.86. The highest BCUT2D eigenvalue weighted by atomic mass is 16.6. The van der Waals surface area contributed by atoms with Crippen LogP contribution < -0.4 is 0 Å². The lowest BCUT2D eigenvalue weighted by Gasteiger charge is -2.31. The van der Waals surface area contributed by atoms with Gasteiger partial charge in [0.05, 0.1) is 6.61 Å². The molecule has 1 unspecified atom stereocenters. The molecular weight excluding hydrogens is 182 g/mol. The van der Waals surface area contributed by atoms with Gasteiger partial charge in [0.15, 0.2) is 0 Å². The van der Waals surface area contributed by atoms with Gasteiger partial charge in [-0.05, 0) is 32.1 Å². The molecule has 0 radical (unpaired) electrons. The minimum atomic E-state index is -0.213. The number of amides is 1. The molecule has 1 aliphatic heterocycles. The van der Waals surface area contributed by atoms with Crippen LogP contribution in [0.2, 0.25) is 0 Å². The van der Waals surface area contributed by atoms with E-state index < -0.39 is 0 Å². The smallest absolute Gasteiger partial charge is 0.409 e. The lowest BCUT2D eigenvalue weighted by molar-refractivity contribution is 0.0836. The summed E-state index contributed by atoms with van der Waals surface area (Å²) < 4.78 is 4.93. The van der Waals surface area contributed by atoms with Gasteiger partial charge in [0, 0.05) is 19.7 Å². The molecule has 4 heteroatoms. The van der Waals surface area contributed by atoms with Crippen molar-refractivity contribution in [2.24, 2.45) is 5.92 Å². The van der Waals surface area contributed by atoms with Crippen LogP contribution in [0.4, 0.5) is 4.79 Å². The van der Waals surface area contributed by atoms with Gasteiger partial charge >= 0.3 is 6.09 Å². The molecule has 0 aromatic rings. The summed E-state index contributed by atoms with van der Waals surface area (Å²) in [6.07, 6.45) is 2.70. The van der Waals surface area contributed by atoms with Crippen molar-refractivity contribution in [2.75, 3.05) is 26.3 Å². The highest BCUT2D eigenvalue weighted by molar-refractivity contribution is 5.67. The molecule has 1 aliphatic rings. The van der Waals surface area contributed by atoms with E-state index in [1.165, 1.54) is 0 Å². The Morgan fingerprint density at radius 2 is 2.43 bits per heavy atom. The number of aliphatic hydroxyl groups is 1. The first kappa shape index (κ1) is 11.3. The van der Waals surface area contributed by atoms with Crippen molar-refractivity contribution in [2.45, 2.75) is 26.2 Å². The van der Waals surface area contributed by atoms with Crippen LogP contribution in [0, 0.1) is 5.92 Å². The third-order valence-corrected chi connectivity index (χ3v) is 2.58. The van der Waals surface area contributed by atoms with Gasteiger partial charge in [0.25, 0.3) is 0 Å². The predicted octanol–water partition coefficient (Wildman–Crippen LogP) is 1.24. The van der Waals surface area contributed by atoms with Crippen molar-refractivity contribution in [3.05, 3.63) is 0 Å². The Hall–Kier alpha value is -0.770. The molecule has 1 heterocycles. The molecule has 0 aromatic carbocycles. The Morgan fingerprint density at radius 1 is 1.64 bits per heavy atom. The van der Waals surface area contributed by atoms with Gasteiger partial charge in [-0.2, -0.15) is 0 Å². The summed E-state index contributed by atoms with van der Waals surface area (Å²) in [7, 11) is 0. The molecule has 4 nitrogen and oxygen atoms in total. The molecule has 1 fully saturated rings. The van der Waals surface area contributed by atoms with Crippen molar-refractivity contribution in [1.82, 2.24) is 4.90 Å². The molecule has 0 bridgehead atoms. The van der Waals surface area contributed by atoms with E-state index in [2.05, 4.69) is 0 Å². The van der Waals surface area contributed by atoms with Gasteiger partial charge in [-0.15, -0.1) is 0 Å². The average molecular weight is 201 g/mol. The van der Waals surface area contributed by atoms with Crippen molar-refractivity contribution in [1.29, 1.82) is 0 Å². The minimum Gasteiger partial charge on any atom is -0.450 e. The molecule has 0 spiro atoms. The molecule has 1 amide bonds. The monoisotopic (exact) mass is 201 g/mol. The van der Waals surface area contributed by atoms with E-state index in [0.29, 0.717) is 12.5 Å². The first-order valence-electron chi connectivity index (χ1n) is 5.30. The summed E-state index contributed by atoms with van der Waals surface area (Å²) >= 11 is 0. The molecule has 1 rings (SSSR count). The predicted molar refractivity (Wildman–Crippen MR) is 53.0 cm³/mol. The van der Waals surface area contributed by atoms with E-state index in [4.69, 9.17) is 9.84 Å². The van der Waals surface area contributed by atoms with E-state index >= 15 is 0 Å². The van der Waals surface area contributed by atoms with Crippen LogP contribution in [-0.2, 0) is 4.74 Å². The molecule has 1 N–H and O–H groups in total. The topological polar surface area (TPSA) is 49.8 Å². The Morgan fingerprint density at radius 3 is 3.07 bits per heavy atom. The maximum Gasteiger partial charge on any atom is 0.409 e. The van der Waals surface area contributed by atoms with E-state index in [0.717, 1.165) is 32.4 Å². The Labute approximate surface area is 84.8 Å². The van der Waals surface area contributed by atoms with Crippen LogP contribution in [0.1, 0.15) is 26.2 Å². The fourth-order valence-corrected chi connectivity index (χ4v) is 1.86. The molecule has 0 saturated carbocycles. The molecule has 1 saturated heterocycles. The number of piperidine rings is 1. The zero-order chi connectivity index (χ0) is 10.4. The molecule has 1 atom stereocenters. The molecule has 14 heavy (non-hydrogen) atoms. The van der Waals surface area contributed by atoms with Crippen LogP contribution >= 0.6 is 0 Å². The second-order valence-corrected chi connectivity index (χ2v) is 3.67. The summed E-state index contributed by atoms with van der Waals surface area (Å²) in [5, 5.41) is 8.81. The Balaban J connectivity index is 2.35. The fraction of sp³-hybridized carbons (Fsp3) is 0.900. The van der Waals surface area contributed by atoms with Crippen molar-refractivity contribution in [3.63, 3.8) is 0 Å². The van der Waals surface area contributed by atoms with Crippen molar-refractivity contribution >= 4 is 6.09 Å². The summed E-state index contributed by atoms with van der Waals surface area (Å²) in [6, 6.07) is 0. The lowest BCUT2D eigenvalue weighted by atomic mass is 9.95. The molecule has 0 aromatic heterocycles. The largest absolute Gasteiger partial charge is 0.450 e. The van der Waals surface area contributed by atoms with Crippen LogP contribution in [-0.4, -0.2) is 42.4 Å². The Bertz CT molecular complexity index is 182. The fourth-order valence-electron chi connectivity index (χ4n) is 1.86. The number of likely N-dealkylation sites (tertiary alicyclic amines) is 1.